The highest BCUT2D eigenvalue weighted by Crippen LogP contribution is 2.33. The molecule has 1 amide bonds. The summed E-state index contributed by atoms with van der Waals surface area (Å²) in [6, 6.07) is 8.81. The van der Waals surface area contributed by atoms with E-state index in [1.807, 2.05) is 4.90 Å². The van der Waals surface area contributed by atoms with Gasteiger partial charge in [-0.2, -0.15) is 0 Å². The first-order valence-electron chi connectivity index (χ1n) is 7.24. The van der Waals surface area contributed by atoms with Crippen LogP contribution in [0.15, 0.2) is 24.3 Å². The maximum absolute atomic E-state index is 12.5. The van der Waals surface area contributed by atoms with Crippen LogP contribution in [0.1, 0.15) is 42.9 Å². The zero-order valence-corrected chi connectivity index (χ0v) is 11.5. The Morgan fingerprint density at radius 3 is 2.68 bits per heavy atom. The summed E-state index contributed by atoms with van der Waals surface area (Å²) in [6.45, 7) is 3.70. The van der Waals surface area contributed by atoms with Gasteiger partial charge in [0.25, 0.3) is 5.91 Å². The average molecular weight is 259 g/mol. The molecule has 0 spiro atoms. The molecule has 0 saturated carbocycles. The van der Waals surface area contributed by atoms with Crippen LogP contribution in [0.3, 0.4) is 0 Å². The molecule has 3 heteroatoms. The van der Waals surface area contributed by atoms with E-state index in [1.54, 1.807) is 0 Å². The van der Waals surface area contributed by atoms with Crippen molar-refractivity contribution in [1.29, 1.82) is 0 Å². The number of hydrogen-bond acceptors (Lipinski definition) is 2. The third-order valence-electron chi connectivity index (χ3n) is 4.20. The van der Waals surface area contributed by atoms with E-state index in [0.717, 1.165) is 38.8 Å². The lowest BCUT2D eigenvalue weighted by Gasteiger charge is -2.27. The lowest BCUT2D eigenvalue weighted by Crippen LogP contribution is -2.38. The summed E-state index contributed by atoms with van der Waals surface area (Å²) >= 11 is 0. The second-order valence-corrected chi connectivity index (χ2v) is 5.60. The van der Waals surface area contributed by atoms with Crippen molar-refractivity contribution in [2.45, 2.75) is 44.8 Å². The highest BCUT2D eigenvalue weighted by molar-refractivity contribution is 5.82. The van der Waals surface area contributed by atoms with Gasteiger partial charge in [-0.1, -0.05) is 29.8 Å². The third kappa shape index (κ3) is 2.52. The quantitative estimate of drug-likeness (QED) is 0.817. The first-order chi connectivity index (χ1) is 9.25. The maximum Gasteiger partial charge on any atom is 0.252 e. The van der Waals surface area contributed by atoms with Gasteiger partial charge in [0.05, 0.1) is 6.04 Å². The highest BCUT2D eigenvalue weighted by atomic mass is 16.5. The molecule has 2 fully saturated rings. The summed E-state index contributed by atoms with van der Waals surface area (Å²) in [4.78, 5) is 14.5. The van der Waals surface area contributed by atoms with E-state index in [-0.39, 0.29) is 18.1 Å². The van der Waals surface area contributed by atoms with Crippen LogP contribution in [-0.4, -0.2) is 30.1 Å². The van der Waals surface area contributed by atoms with Crippen molar-refractivity contribution in [2.24, 2.45) is 0 Å². The van der Waals surface area contributed by atoms with Gasteiger partial charge in [-0.05, 0) is 38.2 Å². The predicted octanol–water partition coefficient (Wildman–Crippen LogP) is 2.84. The largest absolute Gasteiger partial charge is 0.368 e. The fourth-order valence-electron chi connectivity index (χ4n) is 3.12. The van der Waals surface area contributed by atoms with Crippen LogP contribution in [0.4, 0.5) is 0 Å². The molecule has 19 heavy (non-hydrogen) atoms. The van der Waals surface area contributed by atoms with Gasteiger partial charge in [0.2, 0.25) is 0 Å². The molecule has 2 atom stereocenters. The normalized spacial score (nSPS) is 26.9. The van der Waals surface area contributed by atoms with Gasteiger partial charge in [0.15, 0.2) is 0 Å². The van der Waals surface area contributed by atoms with E-state index >= 15 is 0 Å². The number of benzene rings is 1. The third-order valence-corrected chi connectivity index (χ3v) is 4.20. The molecular weight excluding hydrogens is 238 g/mol. The molecule has 2 heterocycles. The number of carbonyl (C=O) groups excluding carboxylic acids is 1. The Hall–Kier alpha value is -1.35. The fraction of sp³-hybridized carbons (Fsp3) is 0.562. The highest BCUT2D eigenvalue weighted by Gasteiger charge is 2.35. The number of amides is 1. The smallest absolute Gasteiger partial charge is 0.252 e. The molecule has 3 rings (SSSR count). The Bertz CT molecular complexity index is 448. The van der Waals surface area contributed by atoms with Crippen LogP contribution < -0.4 is 0 Å². The zero-order chi connectivity index (χ0) is 13.2. The van der Waals surface area contributed by atoms with Gasteiger partial charge >= 0.3 is 0 Å². The average Bonchev–Trinajstić information content (AvgIpc) is 3.10. The number of nitrogens with zero attached hydrogens (tertiary/aromatic N) is 1. The van der Waals surface area contributed by atoms with Crippen LogP contribution >= 0.6 is 0 Å². The minimum absolute atomic E-state index is 0.189. The lowest BCUT2D eigenvalue weighted by atomic mass is 10.0. The Kier molecular flexibility index (Phi) is 3.56. The van der Waals surface area contributed by atoms with E-state index in [2.05, 4.69) is 31.2 Å². The van der Waals surface area contributed by atoms with Gasteiger partial charge < -0.3 is 9.64 Å². The molecule has 0 radical (unpaired) electrons. The molecule has 3 nitrogen and oxygen atoms in total. The first kappa shape index (κ1) is 12.7. The summed E-state index contributed by atoms with van der Waals surface area (Å²) in [6.07, 6.45) is 3.87. The van der Waals surface area contributed by atoms with Gasteiger partial charge in [0, 0.05) is 13.2 Å². The predicted molar refractivity (Wildman–Crippen MR) is 73.8 cm³/mol. The second kappa shape index (κ2) is 5.33. The number of aryl methyl sites for hydroxylation is 1. The molecule has 2 aliphatic rings. The molecule has 2 aliphatic heterocycles. The van der Waals surface area contributed by atoms with Gasteiger partial charge in [0.1, 0.15) is 6.10 Å². The van der Waals surface area contributed by atoms with E-state index in [9.17, 15) is 4.79 Å². The van der Waals surface area contributed by atoms with E-state index in [4.69, 9.17) is 4.74 Å². The fourth-order valence-corrected chi connectivity index (χ4v) is 3.12. The van der Waals surface area contributed by atoms with Crippen LogP contribution in [0.25, 0.3) is 0 Å². The molecule has 0 aromatic heterocycles. The van der Waals surface area contributed by atoms with Crippen LogP contribution in [0.2, 0.25) is 0 Å². The Balaban J connectivity index is 1.77. The molecule has 0 N–H and O–H groups in total. The SMILES string of the molecule is Cc1ccc(C2CCCN2C(=O)C2CCCO2)cc1. The van der Waals surface area contributed by atoms with Crippen molar-refractivity contribution in [3.63, 3.8) is 0 Å². The standard InChI is InChI=1S/C16H21NO2/c1-12-6-8-13(9-7-12)14-4-2-10-17(14)16(18)15-5-3-11-19-15/h6-9,14-15H,2-5,10-11H2,1H3. The van der Waals surface area contributed by atoms with Crippen molar-refractivity contribution in [1.82, 2.24) is 4.90 Å². The van der Waals surface area contributed by atoms with Gasteiger partial charge in [-0.3, -0.25) is 4.79 Å². The monoisotopic (exact) mass is 259 g/mol. The second-order valence-electron chi connectivity index (χ2n) is 5.60. The van der Waals surface area contributed by atoms with Crippen LogP contribution in [0.5, 0.6) is 0 Å². The number of hydrogen-bond donors (Lipinski definition) is 0. The van der Waals surface area contributed by atoms with Gasteiger partial charge in [-0.25, -0.2) is 0 Å². The number of likely N-dealkylation sites (tertiary alicyclic amines) is 1. The molecule has 102 valence electrons. The van der Waals surface area contributed by atoms with E-state index in [0.29, 0.717) is 0 Å². The summed E-state index contributed by atoms with van der Waals surface area (Å²) in [5, 5.41) is 0. The minimum Gasteiger partial charge on any atom is -0.368 e. The molecule has 1 aromatic rings. The summed E-state index contributed by atoms with van der Waals surface area (Å²) in [5.74, 6) is 0.195. The Morgan fingerprint density at radius 1 is 1.21 bits per heavy atom. The number of ether oxygens (including phenoxy) is 1. The zero-order valence-electron chi connectivity index (χ0n) is 11.5. The molecule has 0 bridgehead atoms. The lowest BCUT2D eigenvalue weighted by molar-refractivity contribution is -0.141. The molecule has 0 aliphatic carbocycles. The Labute approximate surface area is 114 Å². The summed E-state index contributed by atoms with van der Waals surface area (Å²) in [7, 11) is 0. The van der Waals surface area contributed by atoms with Crippen LogP contribution in [0, 0.1) is 6.92 Å². The van der Waals surface area contributed by atoms with E-state index in [1.165, 1.54) is 11.1 Å². The summed E-state index contributed by atoms with van der Waals surface area (Å²) < 4.78 is 5.54. The van der Waals surface area contributed by atoms with Crippen LogP contribution in [-0.2, 0) is 9.53 Å². The maximum atomic E-state index is 12.5. The van der Waals surface area contributed by atoms with E-state index < -0.39 is 0 Å². The molecule has 1 aromatic carbocycles. The first-order valence-corrected chi connectivity index (χ1v) is 7.24. The van der Waals surface area contributed by atoms with Crippen molar-refractivity contribution >= 4 is 5.91 Å². The summed E-state index contributed by atoms with van der Waals surface area (Å²) in [5.41, 5.74) is 2.52. The van der Waals surface area contributed by atoms with Crippen molar-refractivity contribution in [3.8, 4) is 0 Å². The Morgan fingerprint density at radius 2 is 2.00 bits per heavy atom. The topological polar surface area (TPSA) is 29.5 Å². The molecular formula is C16H21NO2. The number of rotatable bonds is 2. The number of carbonyl (C=O) groups is 1. The van der Waals surface area contributed by atoms with Gasteiger partial charge in [-0.15, -0.1) is 0 Å². The van der Waals surface area contributed by atoms with Crippen molar-refractivity contribution in [3.05, 3.63) is 35.4 Å². The molecule has 2 unspecified atom stereocenters. The minimum atomic E-state index is -0.189. The van der Waals surface area contributed by atoms with Crippen molar-refractivity contribution < 1.29 is 9.53 Å². The molecule has 2 saturated heterocycles. The van der Waals surface area contributed by atoms with Crippen molar-refractivity contribution in [2.75, 3.05) is 13.2 Å².